The summed E-state index contributed by atoms with van der Waals surface area (Å²) >= 11 is 0. The van der Waals surface area contributed by atoms with Gasteiger partial charge < -0.3 is 0 Å². The van der Waals surface area contributed by atoms with E-state index in [1.54, 1.807) is 0 Å². The highest BCUT2D eigenvalue weighted by atomic mass is 15.1. The summed E-state index contributed by atoms with van der Waals surface area (Å²) in [7, 11) is 2.03. The van der Waals surface area contributed by atoms with Gasteiger partial charge in [0.05, 0.1) is 26.2 Å². The standard InChI is InChI=1S/C9H12N2/c1-11-8-4-2-6-10-7-3-5-9-11/h10H,6-9H2,1H3. The molecular formula is C9H12N2. The van der Waals surface area contributed by atoms with Crippen LogP contribution in [-0.2, 0) is 0 Å². The van der Waals surface area contributed by atoms with Gasteiger partial charge in [0.25, 0.3) is 0 Å². The van der Waals surface area contributed by atoms with Gasteiger partial charge in [-0.05, 0) is 7.05 Å². The molecule has 1 aliphatic heterocycles. The number of hydrogen-bond donors (Lipinski definition) is 1. The Balaban J connectivity index is 2.43. The van der Waals surface area contributed by atoms with Crippen molar-refractivity contribution in [2.75, 3.05) is 33.2 Å². The lowest BCUT2D eigenvalue weighted by atomic mass is 10.4. The van der Waals surface area contributed by atoms with E-state index in [2.05, 4.69) is 33.9 Å². The first-order valence-electron chi connectivity index (χ1n) is 3.70. The molecule has 1 heterocycles. The van der Waals surface area contributed by atoms with Crippen LogP contribution in [0, 0.1) is 23.7 Å². The van der Waals surface area contributed by atoms with Crippen molar-refractivity contribution in [1.82, 2.24) is 10.2 Å². The third kappa shape index (κ3) is 3.68. The van der Waals surface area contributed by atoms with Crippen molar-refractivity contribution in [3.8, 4) is 23.7 Å². The molecule has 1 N–H and O–H groups in total. The van der Waals surface area contributed by atoms with Crippen molar-refractivity contribution in [2.45, 2.75) is 0 Å². The third-order valence-corrected chi connectivity index (χ3v) is 1.37. The fourth-order valence-electron chi connectivity index (χ4n) is 0.750. The molecule has 0 aromatic carbocycles. The number of rotatable bonds is 0. The van der Waals surface area contributed by atoms with Crippen molar-refractivity contribution in [1.29, 1.82) is 0 Å². The van der Waals surface area contributed by atoms with Crippen LogP contribution in [-0.4, -0.2) is 38.1 Å². The average molecular weight is 148 g/mol. The molecule has 0 saturated heterocycles. The minimum absolute atomic E-state index is 0.752. The molecule has 0 spiro atoms. The van der Waals surface area contributed by atoms with Crippen LogP contribution in [0.15, 0.2) is 0 Å². The molecule has 0 unspecified atom stereocenters. The SMILES string of the molecule is CN1CC#CCNCC#CC1. The van der Waals surface area contributed by atoms with E-state index in [4.69, 9.17) is 0 Å². The van der Waals surface area contributed by atoms with Crippen LogP contribution in [0.1, 0.15) is 0 Å². The Morgan fingerprint density at radius 3 is 2.09 bits per heavy atom. The van der Waals surface area contributed by atoms with Crippen molar-refractivity contribution in [3.63, 3.8) is 0 Å². The maximum atomic E-state index is 3.10. The summed E-state index contributed by atoms with van der Waals surface area (Å²) in [6.45, 7) is 3.14. The molecule has 0 bridgehead atoms. The second-order valence-electron chi connectivity index (χ2n) is 2.48. The van der Waals surface area contributed by atoms with Gasteiger partial charge in [-0.3, -0.25) is 10.2 Å². The molecule has 0 saturated carbocycles. The molecule has 0 aromatic rings. The lowest BCUT2D eigenvalue weighted by Crippen LogP contribution is -2.21. The van der Waals surface area contributed by atoms with Gasteiger partial charge >= 0.3 is 0 Å². The Hall–Kier alpha value is -0.960. The third-order valence-electron chi connectivity index (χ3n) is 1.37. The van der Waals surface area contributed by atoms with Crippen LogP contribution in [0.5, 0.6) is 0 Å². The smallest absolute Gasteiger partial charge is 0.0607 e. The topological polar surface area (TPSA) is 15.3 Å². The Labute approximate surface area is 68.0 Å². The summed E-state index contributed by atoms with van der Waals surface area (Å²) in [6, 6.07) is 0. The molecule has 0 fully saturated rings. The summed E-state index contributed by atoms with van der Waals surface area (Å²) < 4.78 is 0. The van der Waals surface area contributed by atoms with E-state index in [1.165, 1.54) is 0 Å². The van der Waals surface area contributed by atoms with Crippen molar-refractivity contribution in [3.05, 3.63) is 0 Å². The van der Waals surface area contributed by atoms with E-state index in [9.17, 15) is 0 Å². The Bertz CT molecular complexity index is 199. The summed E-state index contributed by atoms with van der Waals surface area (Å²) in [5, 5.41) is 3.10. The van der Waals surface area contributed by atoms with Gasteiger partial charge in [-0.2, -0.15) is 0 Å². The molecular weight excluding hydrogens is 136 g/mol. The zero-order valence-corrected chi connectivity index (χ0v) is 6.78. The fourth-order valence-corrected chi connectivity index (χ4v) is 0.750. The summed E-state index contributed by atoms with van der Waals surface area (Å²) in [6.07, 6.45) is 0. The van der Waals surface area contributed by atoms with Gasteiger partial charge in [-0.15, -0.1) is 0 Å². The number of nitrogens with zero attached hydrogens (tertiary/aromatic N) is 1. The van der Waals surface area contributed by atoms with Gasteiger partial charge in [-0.25, -0.2) is 0 Å². The van der Waals surface area contributed by atoms with Crippen molar-refractivity contribution in [2.24, 2.45) is 0 Å². The van der Waals surface area contributed by atoms with E-state index >= 15 is 0 Å². The zero-order valence-electron chi connectivity index (χ0n) is 6.78. The first-order valence-corrected chi connectivity index (χ1v) is 3.70. The summed E-state index contributed by atoms with van der Waals surface area (Å²) in [4.78, 5) is 2.10. The molecule has 2 nitrogen and oxygen atoms in total. The van der Waals surface area contributed by atoms with Gasteiger partial charge in [-0.1, -0.05) is 23.7 Å². The first-order chi connectivity index (χ1) is 5.39. The molecule has 0 atom stereocenters. The van der Waals surface area contributed by atoms with Crippen LogP contribution < -0.4 is 5.32 Å². The van der Waals surface area contributed by atoms with Gasteiger partial charge in [0.2, 0.25) is 0 Å². The first kappa shape index (κ1) is 8.14. The lowest BCUT2D eigenvalue weighted by Gasteiger charge is -2.07. The maximum Gasteiger partial charge on any atom is 0.0607 e. The van der Waals surface area contributed by atoms with E-state index in [1.807, 2.05) is 7.05 Å². The van der Waals surface area contributed by atoms with Gasteiger partial charge in [0.15, 0.2) is 0 Å². The van der Waals surface area contributed by atoms with Crippen LogP contribution in [0.4, 0.5) is 0 Å². The second-order valence-corrected chi connectivity index (χ2v) is 2.48. The highest BCUT2D eigenvalue weighted by Crippen LogP contribution is 1.78. The van der Waals surface area contributed by atoms with Crippen LogP contribution in [0.3, 0.4) is 0 Å². The minimum Gasteiger partial charge on any atom is -0.295 e. The van der Waals surface area contributed by atoms with Gasteiger partial charge in [0, 0.05) is 0 Å². The fraction of sp³-hybridized carbons (Fsp3) is 0.556. The van der Waals surface area contributed by atoms with E-state index in [0.29, 0.717) is 0 Å². The molecule has 0 aliphatic carbocycles. The van der Waals surface area contributed by atoms with E-state index in [-0.39, 0.29) is 0 Å². The van der Waals surface area contributed by atoms with E-state index in [0.717, 1.165) is 26.2 Å². The Morgan fingerprint density at radius 1 is 1.00 bits per heavy atom. The molecule has 0 radical (unpaired) electrons. The molecule has 1 aliphatic rings. The van der Waals surface area contributed by atoms with Crippen LogP contribution in [0.2, 0.25) is 0 Å². The summed E-state index contributed by atoms with van der Waals surface area (Å²) in [5.74, 6) is 12.1. The molecule has 58 valence electrons. The second kappa shape index (κ2) is 4.79. The molecule has 1 rings (SSSR count). The highest BCUT2D eigenvalue weighted by Gasteiger charge is 1.90. The molecule has 2 heteroatoms. The Kier molecular flexibility index (Phi) is 3.55. The molecule has 0 aromatic heterocycles. The Morgan fingerprint density at radius 2 is 1.55 bits per heavy atom. The summed E-state index contributed by atoms with van der Waals surface area (Å²) in [5.41, 5.74) is 0. The molecule has 0 amide bonds. The maximum absolute atomic E-state index is 3.10. The normalized spacial score (nSPS) is 19.0. The largest absolute Gasteiger partial charge is 0.295 e. The van der Waals surface area contributed by atoms with Crippen molar-refractivity contribution < 1.29 is 0 Å². The van der Waals surface area contributed by atoms with Gasteiger partial charge in [0.1, 0.15) is 0 Å². The monoisotopic (exact) mass is 148 g/mol. The zero-order chi connectivity index (χ0) is 7.94. The minimum atomic E-state index is 0.752. The quantitative estimate of drug-likeness (QED) is 0.467. The van der Waals surface area contributed by atoms with Crippen molar-refractivity contribution >= 4 is 0 Å². The lowest BCUT2D eigenvalue weighted by molar-refractivity contribution is 0.425. The number of hydrogen-bond acceptors (Lipinski definition) is 2. The average Bonchev–Trinajstić information content (AvgIpc) is 2.03. The molecule has 11 heavy (non-hydrogen) atoms. The predicted molar refractivity (Wildman–Crippen MR) is 45.9 cm³/mol. The number of nitrogens with one attached hydrogen (secondary N) is 1. The highest BCUT2D eigenvalue weighted by molar-refractivity contribution is 5.09. The van der Waals surface area contributed by atoms with Crippen LogP contribution in [0.25, 0.3) is 0 Å². The van der Waals surface area contributed by atoms with Crippen LogP contribution >= 0.6 is 0 Å². The van der Waals surface area contributed by atoms with E-state index < -0.39 is 0 Å². The predicted octanol–water partition coefficient (Wildman–Crippen LogP) is -0.472.